The van der Waals surface area contributed by atoms with E-state index in [-0.39, 0.29) is 77.9 Å². The summed E-state index contributed by atoms with van der Waals surface area (Å²) in [7, 11) is 0. The van der Waals surface area contributed by atoms with Crippen molar-refractivity contribution in [3.63, 3.8) is 0 Å². The fourth-order valence-electron chi connectivity index (χ4n) is 1.65. The molecule has 1 nitrogen and oxygen atoms in total. The monoisotopic (exact) mass is 405 g/mol. The number of halogens is 2. The number of nitrogens with one attached hydrogen (secondary N) is 1. The molecule has 0 atom stereocenters. The SMILES string of the molecule is CC(C)(C)[NH-].CCCc1cc2ccccc2[cH-]1.[CH3-].[CH3-].[Cl-].[Cl-].[Si].[Ti+2]. The molecule has 0 heterocycles. The van der Waals surface area contributed by atoms with E-state index in [0.717, 1.165) is 0 Å². The van der Waals surface area contributed by atoms with Crippen LogP contribution < -0.4 is 24.8 Å². The van der Waals surface area contributed by atoms with Gasteiger partial charge in [-0.2, -0.15) is 6.07 Å². The molecule has 0 saturated heterocycles. The summed E-state index contributed by atoms with van der Waals surface area (Å²) in [6.07, 6.45) is 2.44. The molecule has 0 saturated carbocycles. The average molecular weight is 406 g/mol. The summed E-state index contributed by atoms with van der Waals surface area (Å²) >= 11 is 0. The van der Waals surface area contributed by atoms with E-state index in [0.29, 0.717) is 0 Å². The molecule has 132 valence electrons. The minimum atomic E-state index is -0.250. The van der Waals surface area contributed by atoms with Crippen LogP contribution in [0, 0.1) is 14.9 Å². The minimum absolute atomic E-state index is 0. The topological polar surface area (TPSA) is 23.8 Å². The van der Waals surface area contributed by atoms with Crippen LogP contribution in [0.3, 0.4) is 0 Å². The third-order valence-electron chi connectivity index (χ3n) is 2.22. The van der Waals surface area contributed by atoms with Crippen molar-refractivity contribution in [2.45, 2.75) is 46.1 Å². The van der Waals surface area contributed by atoms with Crippen molar-refractivity contribution in [2.75, 3.05) is 0 Å². The van der Waals surface area contributed by atoms with E-state index in [9.17, 15) is 0 Å². The summed E-state index contributed by atoms with van der Waals surface area (Å²) in [6, 6.07) is 13.1. The molecule has 0 aliphatic heterocycles. The Morgan fingerprint density at radius 2 is 1.48 bits per heavy atom. The Morgan fingerprint density at radius 1 is 1.04 bits per heavy atom. The van der Waals surface area contributed by atoms with Gasteiger partial charge >= 0.3 is 21.7 Å². The third kappa shape index (κ3) is 18.5. The Labute approximate surface area is 176 Å². The van der Waals surface area contributed by atoms with Crippen molar-refractivity contribution in [1.82, 2.24) is 0 Å². The molecule has 1 N–H and O–H groups in total. The van der Waals surface area contributed by atoms with E-state index >= 15 is 0 Å². The second-order valence-corrected chi connectivity index (χ2v) is 5.49. The maximum absolute atomic E-state index is 6.94. The van der Waals surface area contributed by atoms with E-state index in [1.807, 2.05) is 20.8 Å². The molecule has 2 aromatic rings. The Kier molecular flexibility index (Phi) is 31.4. The van der Waals surface area contributed by atoms with Crippen LogP contribution in [0.5, 0.6) is 0 Å². The van der Waals surface area contributed by atoms with Crippen molar-refractivity contribution >= 4 is 21.7 Å². The number of hydrogen-bond donors (Lipinski definition) is 0. The summed E-state index contributed by atoms with van der Waals surface area (Å²) in [5.74, 6) is 0. The summed E-state index contributed by atoms with van der Waals surface area (Å²) < 4.78 is 0. The van der Waals surface area contributed by atoms with Crippen molar-refractivity contribution in [2.24, 2.45) is 0 Å². The number of rotatable bonds is 2. The zero-order valence-electron chi connectivity index (χ0n) is 15.1. The normalized spacial score (nSPS) is 8.22. The van der Waals surface area contributed by atoms with Gasteiger partial charge in [-0.05, 0) is 6.42 Å². The van der Waals surface area contributed by atoms with Gasteiger partial charge in [-0.15, -0.1) is 46.1 Å². The van der Waals surface area contributed by atoms with Crippen LogP contribution in [-0.2, 0) is 28.1 Å². The van der Waals surface area contributed by atoms with Crippen LogP contribution in [0.4, 0.5) is 0 Å². The van der Waals surface area contributed by atoms with Crippen LogP contribution in [0.2, 0.25) is 0 Å². The molecule has 0 amide bonds. The Bertz CT molecular complexity index is 428. The van der Waals surface area contributed by atoms with Crippen LogP contribution >= 0.6 is 0 Å². The first-order chi connectivity index (χ1) is 7.90. The smallest absolute Gasteiger partial charge is 1.00 e. The molecule has 23 heavy (non-hydrogen) atoms. The largest absolute Gasteiger partial charge is 2.00 e. The van der Waals surface area contributed by atoms with Gasteiger partial charge in [0.05, 0.1) is 0 Å². The molecule has 2 aromatic carbocycles. The first-order valence-electron chi connectivity index (χ1n) is 6.29. The van der Waals surface area contributed by atoms with Crippen LogP contribution in [0.1, 0.15) is 39.7 Å². The average Bonchev–Trinajstić information content (AvgIpc) is 2.57. The van der Waals surface area contributed by atoms with Gasteiger partial charge in [-0.3, -0.25) is 0 Å². The summed E-state index contributed by atoms with van der Waals surface area (Å²) in [5, 5.41) is 2.75. The molecular formula is C18H29Cl2NSiTi-4. The zero-order chi connectivity index (χ0) is 12.9. The van der Waals surface area contributed by atoms with Gasteiger partial charge in [-0.1, -0.05) is 40.2 Å². The second kappa shape index (κ2) is 18.6. The van der Waals surface area contributed by atoms with Crippen molar-refractivity contribution in [1.29, 1.82) is 0 Å². The molecule has 4 radical (unpaired) electrons. The molecule has 0 aliphatic carbocycles. The second-order valence-electron chi connectivity index (χ2n) is 5.49. The quantitative estimate of drug-likeness (QED) is 0.491. The van der Waals surface area contributed by atoms with Crippen molar-refractivity contribution in [3.05, 3.63) is 62.5 Å². The number of hydrogen-bond acceptors (Lipinski definition) is 0. The maximum Gasteiger partial charge on any atom is 2.00 e. The predicted molar refractivity (Wildman–Crippen MR) is 96.2 cm³/mol. The van der Waals surface area contributed by atoms with Gasteiger partial charge in [0.1, 0.15) is 0 Å². The number of aryl methyl sites for hydroxylation is 1. The first-order valence-corrected chi connectivity index (χ1v) is 6.29. The molecule has 2 rings (SSSR count). The van der Waals surface area contributed by atoms with E-state index in [1.54, 1.807) is 0 Å². The van der Waals surface area contributed by atoms with Crippen LogP contribution in [0.15, 0.2) is 36.4 Å². The third-order valence-corrected chi connectivity index (χ3v) is 2.22. The van der Waals surface area contributed by atoms with Crippen molar-refractivity contribution < 1.29 is 46.5 Å². The standard InChI is InChI=1S/C12H13.C4H10N.2CH3.2ClH.Si.Ti/c1-2-5-10-8-11-6-3-4-7-12(11)9-10;1-4(2,3)5;;;;;;/h3-4,6-9H,2,5H2,1H3;5H,1-3H3;2*1H3;2*1H;;/q4*-1;;;;+2/p-2. The molecular weight excluding hydrogens is 377 g/mol. The van der Waals surface area contributed by atoms with Gasteiger partial charge in [0, 0.05) is 11.0 Å². The van der Waals surface area contributed by atoms with Crippen LogP contribution in [0.25, 0.3) is 16.5 Å². The van der Waals surface area contributed by atoms with E-state index < -0.39 is 0 Å². The van der Waals surface area contributed by atoms with E-state index in [2.05, 4.69) is 43.3 Å². The Morgan fingerprint density at radius 3 is 1.87 bits per heavy atom. The van der Waals surface area contributed by atoms with Crippen molar-refractivity contribution in [3.8, 4) is 0 Å². The summed E-state index contributed by atoms with van der Waals surface area (Å²) in [6.45, 7) is 7.78. The molecule has 0 fully saturated rings. The molecule has 0 unspecified atom stereocenters. The van der Waals surface area contributed by atoms with E-state index in [1.165, 1.54) is 29.2 Å². The van der Waals surface area contributed by atoms with Gasteiger partial charge in [0.15, 0.2) is 0 Å². The van der Waals surface area contributed by atoms with Gasteiger partial charge in [0.2, 0.25) is 0 Å². The molecule has 0 aliphatic rings. The molecule has 0 aromatic heterocycles. The summed E-state index contributed by atoms with van der Waals surface area (Å²) in [5.41, 5.74) is 8.16. The van der Waals surface area contributed by atoms with Crippen LogP contribution in [-0.4, -0.2) is 16.5 Å². The zero-order valence-corrected chi connectivity index (χ0v) is 19.2. The molecule has 0 spiro atoms. The number of benzene rings is 1. The fourth-order valence-corrected chi connectivity index (χ4v) is 1.65. The molecule has 0 bridgehead atoms. The molecule has 5 heteroatoms. The van der Waals surface area contributed by atoms with Gasteiger partial charge < -0.3 is 45.4 Å². The summed E-state index contributed by atoms with van der Waals surface area (Å²) in [4.78, 5) is 0. The predicted octanol–water partition coefficient (Wildman–Crippen LogP) is -0.126. The first kappa shape index (κ1) is 38.7. The fraction of sp³-hybridized carbons (Fsp3) is 0.389. The minimum Gasteiger partial charge on any atom is -1.00 e. The number of fused-ring (bicyclic) bond motifs is 1. The van der Waals surface area contributed by atoms with E-state index in [4.69, 9.17) is 5.73 Å². The van der Waals surface area contributed by atoms with Gasteiger partial charge in [-0.25, -0.2) is 0 Å². The Balaban J connectivity index is -0.0000000597. The van der Waals surface area contributed by atoms with Gasteiger partial charge in [0.25, 0.3) is 0 Å². The Hall–Kier alpha value is 0.301. The maximum atomic E-state index is 6.94.